The van der Waals surface area contributed by atoms with E-state index in [1.165, 1.54) is 6.42 Å². The van der Waals surface area contributed by atoms with E-state index in [4.69, 9.17) is 18.9 Å². The van der Waals surface area contributed by atoms with E-state index < -0.39 is 0 Å². The van der Waals surface area contributed by atoms with Gasteiger partial charge in [0.25, 0.3) is 0 Å². The monoisotopic (exact) mass is 261 g/mol. The lowest BCUT2D eigenvalue weighted by molar-refractivity contribution is -0.0188. The highest BCUT2D eigenvalue weighted by atomic mass is 16.6. The third kappa shape index (κ3) is 8.83. The van der Waals surface area contributed by atoms with Crippen LogP contribution >= 0.6 is 0 Å². The summed E-state index contributed by atoms with van der Waals surface area (Å²) in [6.07, 6.45) is 3.88. The minimum absolute atomic E-state index is 0.404. The molecule has 0 bridgehead atoms. The Hall–Kier alpha value is -0.200. The Morgan fingerprint density at radius 2 is 1.61 bits per heavy atom. The molecule has 1 heterocycles. The molecule has 0 aromatic rings. The van der Waals surface area contributed by atoms with Crippen molar-refractivity contribution >= 4 is 0 Å². The van der Waals surface area contributed by atoms with Gasteiger partial charge in [-0.1, -0.05) is 0 Å². The van der Waals surface area contributed by atoms with Crippen LogP contribution in [-0.2, 0) is 18.9 Å². The van der Waals surface area contributed by atoms with Crippen LogP contribution in [0.1, 0.15) is 19.3 Å². The average Bonchev–Trinajstić information content (AvgIpc) is 2.65. The summed E-state index contributed by atoms with van der Waals surface area (Å²) < 4.78 is 21.4. The molecule has 0 amide bonds. The van der Waals surface area contributed by atoms with Gasteiger partial charge in [0.1, 0.15) is 0 Å². The largest absolute Gasteiger partial charge is 0.382 e. The zero-order valence-corrected chi connectivity index (χ0v) is 11.5. The van der Waals surface area contributed by atoms with Crippen molar-refractivity contribution in [3.05, 3.63) is 0 Å². The Bertz CT molecular complexity index is 172. The van der Waals surface area contributed by atoms with Gasteiger partial charge >= 0.3 is 0 Å². The van der Waals surface area contributed by atoms with Gasteiger partial charge in [-0.15, -0.1) is 0 Å². The van der Waals surface area contributed by atoms with Gasteiger partial charge in [-0.3, -0.25) is 0 Å². The molecular weight excluding hydrogens is 234 g/mol. The predicted octanol–water partition coefficient (Wildman–Crippen LogP) is 0.825. The molecule has 0 aromatic carbocycles. The summed E-state index contributed by atoms with van der Waals surface area (Å²) in [7, 11) is 1.67. The van der Waals surface area contributed by atoms with Crippen LogP contribution in [0, 0.1) is 0 Å². The first-order valence-electron chi connectivity index (χ1n) is 6.90. The van der Waals surface area contributed by atoms with Crippen molar-refractivity contribution in [2.75, 3.05) is 59.8 Å². The quantitative estimate of drug-likeness (QED) is 0.590. The third-order valence-corrected chi connectivity index (χ3v) is 2.91. The number of rotatable bonds is 10. The lowest BCUT2D eigenvalue weighted by Gasteiger charge is -2.14. The van der Waals surface area contributed by atoms with E-state index >= 15 is 0 Å². The molecule has 18 heavy (non-hydrogen) atoms. The van der Waals surface area contributed by atoms with Gasteiger partial charge in [-0.2, -0.15) is 0 Å². The fraction of sp³-hybridized carbons (Fsp3) is 1.00. The summed E-state index contributed by atoms with van der Waals surface area (Å²) in [5.74, 6) is 0. The first-order chi connectivity index (χ1) is 8.93. The van der Waals surface area contributed by atoms with Gasteiger partial charge in [0.15, 0.2) is 0 Å². The van der Waals surface area contributed by atoms with E-state index in [1.807, 2.05) is 0 Å². The number of ether oxygens (including phenoxy) is 4. The normalized spacial score (nSPS) is 20.8. The highest BCUT2D eigenvalue weighted by Crippen LogP contribution is 2.08. The second-order valence-corrected chi connectivity index (χ2v) is 4.39. The van der Waals surface area contributed by atoms with Crippen molar-refractivity contribution < 1.29 is 18.9 Å². The SMILES string of the molecule is COCCOCCOCCOC1CCCNCC1. The molecule has 1 aliphatic rings. The van der Waals surface area contributed by atoms with Gasteiger partial charge in [0.05, 0.1) is 45.7 Å². The van der Waals surface area contributed by atoms with Gasteiger partial charge in [0, 0.05) is 7.11 Å². The van der Waals surface area contributed by atoms with Crippen molar-refractivity contribution in [3.8, 4) is 0 Å². The molecule has 1 unspecified atom stereocenters. The smallest absolute Gasteiger partial charge is 0.0704 e. The third-order valence-electron chi connectivity index (χ3n) is 2.91. The standard InChI is InChI=1S/C13H27NO4/c1-15-7-8-16-9-10-17-11-12-18-13-3-2-5-14-6-4-13/h13-14H,2-12H2,1H3. The molecule has 1 fully saturated rings. The second kappa shape index (κ2) is 11.9. The summed E-state index contributed by atoms with van der Waals surface area (Å²) in [6, 6.07) is 0. The molecular formula is C13H27NO4. The van der Waals surface area contributed by atoms with Crippen LogP contribution in [0.15, 0.2) is 0 Å². The van der Waals surface area contributed by atoms with Crippen LogP contribution < -0.4 is 5.32 Å². The summed E-state index contributed by atoms with van der Waals surface area (Å²) in [5.41, 5.74) is 0. The molecule has 0 spiro atoms. The van der Waals surface area contributed by atoms with Gasteiger partial charge in [-0.05, 0) is 32.4 Å². The first kappa shape index (κ1) is 15.9. The maximum absolute atomic E-state index is 5.78. The maximum atomic E-state index is 5.78. The van der Waals surface area contributed by atoms with Crippen LogP contribution in [0.25, 0.3) is 0 Å². The summed E-state index contributed by atoms with van der Waals surface area (Å²) in [6.45, 7) is 6.04. The molecule has 0 saturated carbocycles. The Kier molecular flexibility index (Phi) is 10.5. The van der Waals surface area contributed by atoms with Gasteiger partial charge < -0.3 is 24.3 Å². The number of nitrogens with one attached hydrogen (secondary N) is 1. The van der Waals surface area contributed by atoms with Crippen molar-refractivity contribution in [2.24, 2.45) is 0 Å². The molecule has 0 aliphatic carbocycles. The van der Waals surface area contributed by atoms with Crippen molar-refractivity contribution in [3.63, 3.8) is 0 Å². The molecule has 0 radical (unpaired) electrons. The molecule has 5 nitrogen and oxygen atoms in total. The van der Waals surface area contributed by atoms with Crippen molar-refractivity contribution in [2.45, 2.75) is 25.4 Å². The molecule has 1 aliphatic heterocycles. The van der Waals surface area contributed by atoms with E-state index in [2.05, 4.69) is 5.32 Å². The molecule has 108 valence electrons. The van der Waals surface area contributed by atoms with Crippen LogP contribution in [0.5, 0.6) is 0 Å². The number of hydrogen-bond acceptors (Lipinski definition) is 5. The van der Waals surface area contributed by atoms with Gasteiger partial charge in [-0.25, -0.2) is 0 Å². The molecule has 1 atom stereocenters. The van der Waals surface area contributed by atoms with Crippen LogP contribution in [-0.4, -0.2) is 65.9 Å². The van der Waals surface area contributed by atoms with E-state index in [-0.39, 0.29) is 0 Å². The van der Waals surface area contributed by atoms with Crippen LogP contribution in [0.2, 0.25) is 0 Å². The Morgan fingerprint density at radius 3 is 2.39 bits per heavy atom. The zero-order chi connectivity index (χ0) is 12.9. The molecule has 1 rings (SSSR count). The number of methoxy groups -OCH3 is 1. The van der Waals surface area contributed by atoms with E-state index in [9.17, 15) is 0 Å². The fourth-order valence-electron chi connectivity index (χ4n) is 1.89. The molecule has 5 heteroatoms. The van der Waals surface area contributed by atoms with Crippen LogP contribution in [0.4, 0.5) is 0 Å². The average molecular weight is 261 g/mol. The maximum Gasteiger partial charge on any atom is 0.0704 e. The first-order valence-corrected chi connectivity index (χ1v) is 6.90. The summed E-state index contributed by atoms with van der Waals surface area (Å²) in [5, 5.41) is 3.37. The van der Waals surface area contributed by atoms with E-state index in [0.29, 0.717) is 45.7 Å². The number of hydrogen-bond donors (Lipinski definition) is 1. The molecule has 0 aromatic heterocycles. The van der Waals surface area contributed by atoms with E-state index in [0.717, 1.165) is 25.9 Å². The predicted molar refractivity (Wildman–Crippen MR) is 70.0 cm³/mol. The second-order valence-electron chi connectivity index (χ2n) is 4.39. The molecule has 1 N–H and O–H groups in total. The van der Waals surface area contributed by atoms with Crippen molar-refractivity contribution in [1.82, 2.24) is 5.32 Å². The highest BCUT2D eigenvalue weighted by Gasteiger charge is 2.11. The zero-order valence-electron chi connectivity index (χ0n) is 11.5. The molecule has 1 saturated heterocycles. The minimum Gasteiger partial charge on any atom is -0.382 e. The highest BCUT2D eigenvalue weighted by molar-refractivity contribution is 4.66. The topological polar surface area (TPSA) is 49.0 Å². The lowest BCUT2D eigenvalue weighted by atomic mass is 10.2. The summed E-state index contributed by atoms with van der Waals surface area (Å²) >= 11 is 0. The fourth-order valence-corrected chi connectivity index (χ4v) is 1.89. The lowest BCUT2D eigenvalue weighted by Crippen LogP contribution is -2.19. The Balaban J connectivity index is 1.80. The van der Waals surface area contributed by atoms with Gasteiger partial charge in [0.2, 0.25) is 0 Å². The van der Waals surface area contributed by atoms with Crippen LogP contribution in [0.3, 0.4) is 0 Å². The Morgan fingerprint density at radius 1 is 0.889 bits per heavy atom. The minimum atomic E-state index is 0.404. The summed E-state index contributed by atoms with van der Waals surface area (Å²) in [4.78, 5) is 0. The van der Waals surface area contributed by atoms with E-state index in [1.54, 1.807) is 7.11 Å². The van der Waals surface area contributed by atoms with Crippen molar-refractivity contribution in [1.29, 1.82) is 0 Å². The Labute approximate surface area is 110 Å².